The summed E-state index contributed by atoms with van der Waals surface area (Å²) in [6.45, 7) is 5.51. The molecule has 0 saturated carbocycles. The highest BCUT2D eigenvalue weighted by Gasteiger charge is 2.08. The molecule has 0 radical (unpaired) electrons. The normalized spacial score (nSPS) is 11.7. The monoisotopic (exact) mass is 483 g/mol. The van der Waals surface area contributed by atoms with Gasteiger partial charge < -0.3 is 16.0 Å². The quantitative estimate of drug-likeness (QED) is 0.149. The molecule has 0 aliphatic heterocycles. The second-order valence-corrected chi connectivity index (χ2v) is 9.70. The lowest BCUT2D eigenvalue weighted by Gasteiger charge is -2.14. The molecule has 0 atom stereocenters. The van der Waals surface area contributed by atoms with Crippen molar-refractivity contribution >= 4 is 43.1 Å². The van der Waals surface area contributed by atoms with Gasteiger partial charge in [0.2, 0.25) is 0 Å². The molecule has 0 aliphatic carbocycles. The maximum Gasteiger partial charge on any atom is 0.0218 e. The van der Waals surface area contributed by atoms with E-state index in [1.54, 1.807) is 0 Å². The van der Waals surface area contributed by atoms with Crippen LogP contribution in [0.3, 0.4) is 0 Å². The topological polar surface area (TPSA) is 36.1 Å². The lowest BCUT2D eigenvalue weighted by atomic mass is 9.97. The first kappa shape index (κ1) is 23.6. The molecule has 0 spiro atoms. The van der Waals surface area contributed by atoms with Crippen molar-refractivity contribution < 1.29 is 0 Å². The lowest BCUT2D eigenvalue weighted by molar-refractivity contribution is 0.583. The Morgan fingerprint density at radius 2 is 0.649 bits per heavy atom. The Bertz CT molecular complexity index is 1440. The SMILES string of the molecule is c1ccc2c(CNCCNCCNCc3c4ccccc4cc4ccccc34)c3ccccc3cc2c1. The van der Waals surface area contributed by atoms with E-state index in [2.05, 4.69) is 125 Å². The average molecular weight is 484 g/mol. The van der Waals surface area contributed by atoms with Gasteiger partial charge in [0.15, 0.2) is 0 Å². The number of benzene rings is 6. The molecule has 0 fully saturated rings. The zero-order chi connectivity index (χ0) is 24.9. The molecule has 0 amide bonds. The highest BCUT2D eigenvalue weighted by Crippen LogP contribution is 2.29. The minimum absolute atomic E-state index is 0.871. The van der Waals surface area contributed by atoms with Crippen LogP contribution < -0.4 is 16.0 Å². The molecule has 0 unspecified atom stereocenters. The van der Waals surface area contributed by atoms with Crippen molar-refractivity contribution in [2.75, 3.05) is 26.2 Å². The van der Waals surface area contributed by atoms with Crippen LogP contribution in [0.1, 0.15) is 11.1 Å². The number of rotatable bonds is 10. The van der Waals surface area contributed by atoms with Gasteiger partial charge in [-0.1, -0.05) is 97.1 Å². The molecule has 0 aromatic heterocycles. The molecule has 0 saturated heterocycles. The first-order valence-corrected chi connectivity index (χ1v) is 13.3. The fraction of sp³-hybridized carbons (Fsp3) is 0.176. The van der Waals surface area contributed by atoms with Crippen LogP contribution in [-0.2, 0) is 13.1 Å². The minimum atomic E-state index is 0.871. The van der Waals surface area contributed by atoms with E-state index >= 15 is 0 Å². The summed E-state index contributed by atoms with van der Waals surface area (Å²) in [5, 5.41) is 21.5. The van der Waals surface area contributed by atoms with Crippen molar-refractivity contribution in [2.45, 2.75) is 13.1 Å². The van der Waals surface area contributed by atoms with E-state index in [-0.39, 0.29) is 0 Å². The summed E-state index contributed by atoms with van der Waals surface area (Å²) >= 11 is 0. The highest BCUT2D eigenvalue weighted by atomic mass is 15.0. The Kier molecular flexibility index (Phi) is 7.09. The van der Waals surface area contributed by atoms with Crippen LogP contribution >= 0.6 is 0 Å². The molecule has 0 heterocycles. The molecule has 0 aliphatic rings. The molecule has 0 bridgehead atoms. The van der Waals surface area contributed by atoms with Crippen molar-refractivity contribution in [3.63, 3.8) is 0 Å². The Balaban J connectivity index is 1.00. The van der Waals surface area contributed by atoms with Gasteiger partial charge in [-0.2, -0.15) is 0 Å². The summed E-state index contributed by atoms with van der Waals surface area (Å²) in [7, 11) is 0. The first-order chi connectivity index (χ1) is 18.4. The molecule has 3 nitrogen and oxygen atoms in total. The van der Waals surface area contributed by atoms with E-state index in [4.69, 9.17) is 0 Å². The molecular weight excluding hydrogens is 450 g/mol. The number of nitrogens with one attached hydrogen (secondary N) is 3. The Labute approximate surface area is 218 Å². The van der Waals surface area contributed by atoms with Gasteiger partial charge in [0.1, 0.15) is 0 Å². The van der Waals surface area contributed by atoms with Crippen LogP contribution in [0.15, 0.2) is 109 Å². The molecule has 6 aromatic carbocycles. The van der Waals surface area contributed by atoms with Crippen LogP contribution in [0.25, 0.3) is 43.1 Å². The second-order valence-electron chi connectivity index (χ2n) is 9.70. The van der Waals surface area contributed by atoms with Crippen molar-refractivity contribution in [1.82, 2.24) is 16.0 Å². The van der Waals surface area contributed by atoms with E-state index in [0.29, 0.717) is 0 Å². The largest absolute Gasteiger partial charge is 0.314 e. The summed E-state index contributed by atoms with van der Waals surface area (Å²) in [6, 6.07) is 39.4. The third-order valence-electron chi connectivity index (χ3n) is 7.33. The smallest absolute Gasteiger partial charge is 0.0218 e. The summed E-state index contributed by atoms with van der Waals surface area (Å²) in [5.74, 6) is 0. The van der Waals surface area contributed by atoms with Crippen LogP contribution in [0, 0.1) is 0 Å². The van der Waals surface area contributed by atoms with Crippen LogP contribution in [0.4, 0.5) is 0 Å². The fourth-order valence-corrected chi connectivity index (χ4v) is 5.50. The van der Waals surface area contributed by atoms with E-state index in [1.807, 2.05) is 0 Å². The Morgan fingerprint density at radius 3 is 1.00 bits per heavy atom. The molecule has 184 valence electrons. The maximum absolute atomic E-state index is 3.66. The van der Waals surface area contributed by atoms with Crippen molar-refractivity contribution in [1.29, 1.82) is 0 Å². The molecule has 37 heavy (non-hydrogen) atoms. The predicted molar refractivity (Wildman–Crippen MR) is 159 cm³/mol. The van der Waals surface area contributed by atoms with Crippen LogP contribution in [0.5, 0.6) is 0 Å². The molecule has 6 rings (SSSR count). The summed E-state index contributed by atoms with van der Waals surface area (Å²) in [4.78, 5) is 0. The Hall–Kier alpha value is -3.76. The molecule has 6 aromatic rings. The van der Waals surface area contributed by atoms with Gasteiger partial charge in [-0.15, -0.1) is 0 Å². The lowest BCUT2D eigenvalue weighted by Crippen LogP contribution is -2.32. The summed E-state index contributed by atoms with van der Waals surface area (Å²) in [5.41, 5.74) is 2.77. The minimum Gasteiger partial charge on any atom is -0.314 e. The van der Waals surface area contributed by atoms with Gasteiger partial charge in [-0.25, -0.2) is 0 Å². The van der Waals surface area contributed by atoms with Crippen molar-refractivity contribution in [2.24, 2.45) is 0 Å². The zero-order valence-corrected chi connectivity index (χ0v) is 21.1. The molecule has 3 N–H and O–H groups in total. The van der Waals surface area contributed by atoms with Gasteiger partial charge in [0.25, 0.3) is 0 Å². The number of hydrogen-bond acceptors (Lipinski definition) is 3. The van der Waals surface area contributed by atoms with Gasteiger partial charge in [-0.3, -0.25) is 0 Å². The van der Waals surface area contributed by atoms with Crippen LogP contribution in [-0.4, -0.2) is 26.2 Å². The standard InChI is InChI=1S/C34H33N3/c1-5-13-29-25(9-1)21-26-10-2-6-14-30(26)33(29)23-36-19-17-35-18-20-37-24-34-31-15-7-3-11-27(31)22-28-12-4-8-16-32(28)34/h1-16,21-22,35-37H,17-20,23-24H2. The fourth-order valence-electron chi connectivity index (χ4n) is 5.50. The molecule has 3 heteroatoms. The third kappa shape index (κ3) is 5.07. The van der Waals surface area contributed by atoms with E-state index < -0.39 is 0 Å². The van der Waals surface area contributed by atoms with Gasteiger partial charge in [0.05, 0.1) is 0 Å². The highest BCUT2D eigenvalue weighted by molar-refractivity contribution is 6.03. The van der Waals surface area contributed by atoms with Gasteiger partial charge in [-0.05, 0) is 66.3 Å². The van der Waals surface area contributed by atoms with Gasteiger partial charge in [0, 0.05) is 39.3 Å². The van der Waals surface area contributed by atoms with E-state index in [0.717, 1.165) is 39.3 Å². The van der Waals surface area contributed by atoms with Crippen molar-refractivity contribution in [3.05, 3.63) is 120 Å². The summed E-state index contributed by atoms with van der Waals surface area (Å²) < 4.78 is 0. The maximum atomic E-state index is 3.66. The Morgan fingerprint density at radius 1 is 0.351 bits per heavy atom. The second kappa shape index (κ2) is 11.1. The first-order valence-electron chi connectivity index (χ1n) is 13.3. The van der Waals surface area contributed by atoms with Crippen LogP contribution in [0.2, 0.25) is 0 Å². The molecular formula is C34H33N3. The number of hydrogen-bond donors (Lipinski definition) is 3. The third-order valence-corrected chi connectivity index (χ3v) is 7.33. The average Bonchev–Trinajstić information content (AvgIpc) is 2.95. The zero-order valence-electron chi connectivity index (χ0n) is 21.1. The number of fused-ring (bicyclic) bond motifs is 4. The van der Waals surface area contributed by atoms with E-state index in [1.165, 1.54) is 54.2 Å². The summed E-state index contributed by atoms with van der Waals surface area (Å²) in [6.07, 6.45) is 0. The van der Waals surface area contributed by atoms with Crippen molar-refractivity contribution in [3.8, 4) is 0 Å². The van der Waals surface area contributed by atoms with Gasteiger partial charge >= 0.3 is 0 Å². The van der Waals surface area contributed by atoms with E-state index in [9.17, 15) is 0 Å². The predicted octanol–water partition coefficient (Wildman–Crippen LogP) is 6.77.